The van der Waals surface area contributed by atoms with E-state index in [-0.39, 0.29) is 23.2 Å². The summed E-state index contributed by atoms with van der Waals surface area (Å²) >= 11 is 0. The third kappa shape index (κ3) is 3.31. The third-order valence-corrected chi connectivity index (χ3v) is 5.71. The third-order valence-electron chi connectivity index (χ3n) is 5.71. The molecule has 1 spiro atoms. The first-order valence-electron chi connectivity index (χ1n) is 8.97. The highest BCUT2D eigenvalue weighted by Gasteiger charge is 2.48. The number of nitrogens with zero attached hydrogens (tertiary/aromatic N) is 1. The molecule has 1 N–H and O–H groups in total. The average Bonchev–Trinajstić information content (AvgIpc) is 2.96. The molecule has 2 aliphatic rings. The molecule has 4 heteroatoms. The summed E-state index contributed by atoms with van der Waals surface area (Å²) in [7, 11) is 0. The highest BCUT2D eigenvalue weighted by molar-refractivity contribution is 5.81. The van der Waals surface area contributed by atoms with E-state index in [1.165, 1.54) is 17.7 Å². The van der Waals surface area contributed by atoms with Crippen LogP contribution in [0.4, 0.5) is 4.39 Å². The number of rotatable bonds is 3. The summed E-state index contributed by atoms with van der Waals surface area (Å²) in [4.78, 5) is 14.5. The second-order valence-corrected chi connectivity index (χ2v) is 7.27. The largest absolute Gasteiger partial charge is 0.350 e. The topological polar surface area (TPSA) is 32.3 Å². The van der Waals surface area contributed by atoms with Crippen LogP contribution in [0, 0.1) is 5.82 Å². The fourth-order valence-corrected chi connectivity index (χ4v) is 4.35. The van der Waals surface area contributed by atoms with Gasteiger partial charge < -0.3 is 5.32 Å². The van der Waals surface area contributed by atoms with Crippen molar-refractivity contribution in [3.8, 4) is 0 Å². The molecule has 0 aliphatic carbocycles. The number of hydrogen-bond acceptors (Lipinski definition) is 2. The summed E-state index contributed by atoms with van der Waals surface area (Å²) in [5.74, 6) is 0.232. The quantitative estimate of drug-likeness (QED) is 0.929. The molecule has 0 saturated carbocycles. The number of amides is 1. The number of carbonyl (C=O) groups is 1. The van der Waals surface area contributed by atoms with Gasteiger partial charge in [0.15, 0.2) is 0 Å². The van der Waals surface area contributed by atoms with Crippen molar-refractivity contribution in [1.82, 2.24) is 10.2 Å². The lowest BCUT2D eigenvalue weighted by molar-refractivity contribution is -0.120. The molecule has 3 nitrogen and oxygen atoms in total. The van der Waals surface area contributed by atoms with Gasteiger partial charge in [0, 0.05) is 37.5 Å². The smallest absolute Gasteiger partial charge is 0.221 e. The first kappa shape index (κ1) is 16.3. The molecule has 0 radical (unpaired) electrons. The second kappa shape index (κ2) is 6.60. The maximum absolute atomic E-state index is 13.1. The number of nitrogens with one attached hydrogen (secondary N) is 1. The van der Waals surface area contributed by atoms with Gasteiger partial charge in [-0.25, -0.2) is 4.39 Å². The van der Waals surface area contributed by atoms with Crippen molar-refractivity contribution in [2.45, 2.75) is 37.3 Å². The zero-order valence-electron chi connectivity index (χ0n) is 14.2. The van der Waals surface area contributed by atoms with E-state index in [1.807, 2.05) is 18.2 Å². The molecule has 25 heavy (non-hydrogen) atoms. The molecule has 2 saturated heterocycles. The molecule has 2 aromatic rings. The van der Waals surface area contributed by atoms with Crippen LogP contribution in [0.15, 0.2) is 54.6 Å². The van der Waals surface area contributed by atoms with Crippen molar-refractivity contribution >= 4 is 5.91 Å². The monoisotopic (exact) mass is 338 g/mol. The second-order valence-electron chi connectivity index (χ2n) is 7.27. The minimum absolute atomic E-state index is 0.113. The van der Waals surface area contributed by atoms with Crippen molar-refractivity contribution in [2.75, 3.05) is 13.1 Å². The Hall–Kier alpha value is -2.20. The molecule has 2 fully saturated rings. The van der Waals surface area contributed by atoms with Gasteiger partial charge in [-0.05, 0) is 36.1 Å². The lowest BCUT2D eigenvalue weighted by atomic mass is 9.74. The molecular weight excluding hydrogens is 315 g/mol. The van der Waals surface area contributed by atoms with E-state index in [1.54, 1.807) is 0 Å². The number of halogens is 1. The van der Waals surface area contributed by atoms with Crippen LogP contribution < -0.4 is 5.32 Å². The summed E-state index contributed by atoms with van der Waals surface area (Å²) in [5.41, 5.74) is 2.28. The number of carbonyl (C=O) groups excluding carboxylic acids is 1. The molecule has 130 valence electrons. The van der Waals surface area contributed by atoms with Crippen LogP contribution >= 0.6 is 0 Å². The molecular formula is C21H23FN2O. The summed E-state index contributed by atoms with van der Waals surface area (Å²) in [6, 6.07) is 17.1. The number of benzene rings is 2. The Balaban J connectivity index is 1.45. The first-order chi connectivity index (χ1) is 12.1. The molecule has 1 atom stereocenters. The molecule has 0 bridgehead atoms. The van der Waals surface area contributed by atoms with Gasteiger partial charge in [-0.2, -0.15) is 0 Å². The Morgan fingerprint density at radius 2 is 1.72 bits per heavy atom. The fraction of sp³-hybridized carbons (Fsp3) is 0.381. The number of hydrogen-bond donors (Lipinski definition) is 1. The van der Waals surface area contributed by atoms with Gasteiger partial charge in [-0.15, -0.1) is 0 Å². The molecule has 0 aromatic heterocycles. The van der Waals surface area contributed by atoms with Crippen LogP contribution in [-0.4, -0.2) is 29.4 Å². The van der Waals surface area contributed by atoms with E-state index in [0.717, 1.165) is 38.0 Å². The maximum atomic E-state index is 13.1. The molecule has 2 heterocycles. The standard InChI is InChI=1S/C21H23FN2O/c22-18-8-6-16(7-9-18)15-24-12-10-21(11-13-24)19(14-20(25)23-21)17-4-2-1-3-5-17/h1-9,19H,10-15H2,(H,23,25)/t19-/m0/s1. The van der Waals surface area contributed by atoms with E-state index >= 15 is 0 Å². The van der Waals surface area contributed by atoms with Gasteiger partial charge in [0.1, 0.15) is 5.82 Å². The zero-order chi connectivity index (χ0) is 17.3. The number of likely N-dealkylation sites (tertiary alicyclic amines) is 1. The van der Waals surface area contributed by atoms with E-state index in [4.69, 9.17) is 0 Å². The van der Waals surface area contributed by atoms with Crippen LogP contribution in [0.5, 0.6) is 0 Å². The summed E-state index contributed by atoms with van der Waals surface area (Å²) in [5, 5.41) is 3.29. The van der Waals surface area contributed by atoms with Crippen LogP contribution in [0.2, 0.25) is 0 Å². The maximum Gasteiger partial charge on any atom is 0.221 e. The predicted molar refractivity (Wildman–Crippen MR) is 95.6 cm³/mol. The Kier molecular flexibility index (Phi) is 4.30. The van der Waals surface area contributed by atoms with Crippen LogP contribution in [-0.2, 0) is 11.3 Å². The minimum atomic E-state index is -0.194. The van der Waals surface area contributed by atoms with E-state index in [9.17, 15) is 9.18 Å². The van der Waals surface area contributed by atoms with Crippen LogP contribution in [0.3, 0.4) is 0 Å². The Bertz CT molecular complexity index is 736. The summed E-state index contributed by atoms with van der Waals surface area (Å²) < 4.78 is 13.1. The van der Waals surface area contributed by atoms with Crippen molar-refractivity contribution in [3.05, 3.63) is 71.5 Å². The number of piperidine rings is 1. The lowest BCUT2D eigenvalue weighted by Gasteiger charge is -2.43. The van der Waals surface area contributed by atoms with Crippen molar-refractivity contribution in [1.29, 1.82) is 0 Å². The highest BCUT2D eigenvalue weighted by Crippen LogP contribution is 2.43. The minimum Gasteiger partial charge on any atom is -0.350 e. The van der Waals surface area contributed by atoms with Gasteiger partial charge in [0.25, 0.3) is 0 Å². The van der Waals surface area contributed by atoms with E-state index in [0.29, 0.717) is 6.42 Å². The average molecular weight is 338 g/mol. The Morgan fingerprint density at radius 1 is 1.04 bits per heavy atom. The molecule has 4 rings (SSSR count). The summed E-state index contributed by atoms with van der Waals surface area (Å²) in [6.45, 7) is 2.72. The van der Waals surface area contributed by atoms with Gasteiger partial charge in [0.2, 0.25) is 5.91 Å². The molecule has 2 aromatic carbocycles. The normalized spacial score (nSPS) is 22.9. The van der Waals surface area contributed by atoms with Crippen LogP contribution in [0.25, 0.3) is 0 Å². The molecule has 1 amide bonds. The van der Waals surface area contributed by atoms with Gasteiger partial charge in [-0.1, -0.05) is 42.5 Å². The van der Waals surface area contributed by atoms with E-state index < -0.39 is 0 Å². The van der Waals surface area contributed by atoms with Gasteiger partial charge in [0.05, 0.1) is 0 Å². The van der Waals surface area contributed by atoms with Gasteiger partial charge >= 0.3 is 0 Å². The fourth-order valence-electron chi connectivity index (χ4n) is 4.35. The summed E-state index contributed by atoms with van der Waals surface area (Å²) in [6.07, 6.45) is 2.50. The zero-order valence-corrected chi connectivity index (χ0v) is 14.2. The highest BCUT2D eigenvalue weighted by atomic mass is 19.1. The van der Waals surface area contributed by atoms with Crippen molar-refractivity contribution in [2.24, 2.45) is 0 Å². The first-order valence-corrected chi connectivity index (χ1v) is 8.97. The Labute approximate surface area is 147 Å². The van der Waals surface area contributed by atoms with Crippen LogP contribution in [0.1, 0.15) is 36.3 Å². The van der Waals surface area contributed by atoms with Crippen molar-refractivity contribution in [3.63, 3.8) is 0 Å². The van der Waals surface area contributed by atoms with Crippen molar-refractivity contribution < 1.29 is 9.18 Å². The van der Waals surface area contributed by atoms with E-state index in [2.05, 4.69) is 34.5 Å². The Morgan fingerprint density at radius 3 is 2.40 bits per heavy atom. The predicted octanol–water partition coefficient (Wildman–Crippen LogP) is 3.46. The lowest BCUT2D eigenvalue weighted by Crippen LogP contribution is -2.53. The SMILES string of the molecule is O=C1C[C@@H](c2ccccc2)C2(CCN(Cc3ccc(F)cc3)CC2)N1. The van der Waals surface area contributed by atoms with Gasteiger partial charge in [-0.3, -0.25) is 9.69 Å². The molecule has 0 unspecified atom stereocenters. The molecule has 2 aliphatic heterocycles.